The van der Waals surface area contributed by atoms with Crippen LogP contribution in [0.4, 0.5) is 0 Å². The highest BCUT2D eigenvalue weighted by Crippen LogP contribution is 2.47. The van der Waals surface area contributed by atoms with Gasteiger partial charge in [0.15, 0.2) is 10.0 Å². The van der Waals surface area contributed by atoms with E-state index >= 15 is 0 Å². The highest BCUT2D eigenvalue weighted by molar-refractivity contribution is 7.90. The fraction of sp³-hybridized carbons (Fsp3) is 0.100. The summed E-state index contributed by atoms with van der Waals surface area (Å²) in [5.41, 5.74) is 4.30. The van der Waals surface area contributed by atoms with Crippen LogP contribution in [0.5, 0.6) is 0 Å². The molecule has 5 rings (SSSR count). The number of sulfonamides is 1. The zero-order valence-corrected chi connectivity index (χ0v) is 22.5. The number of benzene rings is 4. The zero-order valence-electron chi connectivity index (χ0n) is 20.9. The van der Waals surface area contributed by atoms with Gasteiger partial charge in [-0.15, -0.1) is 0 Å². The van der Waals surface area contributed by atoms with Gasteiger partial charge in [-0.3, -0.25) is 4.55 Å². The van der Waals surface area contributed by atoms with Gasteiger partial charge in [-0.25, -0.2) is 4.21 Å². The van der Waals surface area contributed by atoms with Gasteiger partial charge < -0.3 is 0 Å². The molecule has 4 aromatic carbocycles. The fourth-order valence-electron chi connectivity index (χ4n) is 4.32. The Balaban J connectivity index is 1.77. The summed E-state index contributed by atoms with van der Waals surface area (Å²) in [6.45, 7) is 3.77. The molecule has 4 aromatic rings. The molecule has 1 aliphatic carbocycles. The van der Waals surface area contributed by atoms with Crippen molar-refractivity contribution in [3.8, 4) is 0 Å². The Bertz CT molecular complexity index is 1770. The first kappa shape index (κ1) is 25.8. The minimum Gasteiger partial charge on any atom is -0.296 e. The van der Waals surface area contributed by atoms with E-state index in [0.29, 0.717) is 16.8 Å². The molecule has 1 aliphatic rings. The SMILES string of the molecule is Cc1ccc(S(=O)(=O)/N=C2/C(c3ccccc3)=C(N=S(=O)(O)c3ccc(C)cc3)C2c2ccccc2)cc1. The molecular formula is C30H26N2O4S2. The van der Waals surface area contributed by atoms with Crippen LogP contribution in [0.25, 0.3) is 5.57 Å². The molecule has 1 N–H and O–H groups in total. The summed E-state index contributed by atoms with van der Waals surface area (Å²) in [7, 11) is -7.90. The van der Waals surface area contributed by atoms with E-state index in [0.717, 1.165) is 16.7 Å². The number of rotatable bonds is 6. The van der Waals surface area contributed by atoms with E-state index in [1.54, 1.807) is 36.4 Å². The molecule has 2 unspecified atom stereocenters. The molecule has 0 heterocycles. The molecule has 0 amide bonds. The first-order chi connectivity index (χ1) is 18.2. The lowest BCUT2D eigenvalue weighted by atomic mass is 9.73. The first-order valence-electron chi connectivity index (χ1n) is 12.0. The first-order valence-corrected chi connectivity index (χ1v) is 14.9. The van der Waals surface area contributed by atoms with Crippen molar-refractivity contribution >= 4 is 31.3 Å². The van der Waals surface area contributed by atoms with E-state index in [1.165, 1.54) is 12.1 Å². The van der Waals surface area contributed by atoms with Crippen molar-refractivity contribution in [3.05, 3.63) is 137 Å². The van der Waals surface area contributed by atoms with E-state index in [1.807, 2.05) is 74.5 Å². The molecule has 8 heteroatoms. The summed E-state index contributed by atoms with van der Waals surface area (Å²) in [5.74, 6) is -0.704. The molecule has 0 spiro atoms. The second-order valence-electron chi connectivity index (χ2n) is 9.14. The largest absolute Gasteiger partial charge is 0.296 e. The Kier molecular flexibility index (Phi) is 6.88. The average Bonchev–Trinajstić information content (AvgIpc) is 2.90. The minimum atomic E-state index is -4.06. The second kappa shape index (κ2) is 10.1. The molecule has 6 nitrogen and oxygen atoms in total. The zero-order chi connectivity index (χ0) is 26.9. The highest BCUT2D eigenvalue weighted by Gasteiger charge is 2.41. The summed E-state index contributed by atoms with van der Waals surface area (Å²) in [5, 5.41) is 0. The van der Waals surface area contributed by atoms with Crippen LogP contribution >= 0.6 is 0 Å². The Morgan fingerprint density at radius 3 is 1.71 bits per heavy atom. The Morgan fingerprint density at radius 1 is 0.658 bits per heavy atom. The van der Waals surface area contributed by atoms with Crippen LogP contribution in [-0.2, 0) is 20.0 Å². The number of hydrogen-bond donors (Lipinski definition) is 1. The van der Waals surface area contributed by atoms with Crippen LogP contribution in [0, 0.1) is 13.8 Å². The van der Waals surface area contributed by atoms with E-state index < -0.39 is 26.0 Å². The molecule has 0 aromatic heterocycles. The summed E-state index contributed by atoms with van der Waals surface area (Å²) in [6.07, 6.45) is 0. The molecule has 0 saturated carbocycles. The van der Waals surface area contributed by atoms with Gasteiger partial charge in [0.25, 0.3) is 10.0 Å². The van der Waals surface area contributed by atoms with Gasteiger partial charge in [0, 0.05) is 5.57 Å². The molecule has 0 aliphatic heterocycles. The summed E-state index contributed by atoms with van der Waals surface area (Å²) < 4.78 is 60.0. The van der Waals surface area contributed by atoms with Crippen LogP contribution in [-0.4, -0.2) is 22.9 Å². The Labute approximate surface area is 223 Å². The lowest BCUT2D eigenvalue weighted by molar-refractivity contribution is 0.550. The third kappa shape index (κ3) is 5.11. The molecule has 38 heavy (non-hydrogen) atoms. The molecule has 0 saturated heterocycles. The topological polar surface area (TPSA) is 96.2 Å². The molecule has 0 radical (unpaired) electrons. The number of hydrogen-bond acceptors (Lipinski definition) is 4. The van der Waals surface area contributed by atoms with E-state index in [9.17, 15) is 17.2 Å². The lowest BCUT2D eigenvalue weighted by Gasteiger charge is -2.33. The summed E-state index contributed by atoms with van der Waals surface area (Å²) >= 11 is 0. The van der Waals surface area contributed by atoms with Gasteiger partial charge in [-0.05, 0) is 49.2 Å². The van der Waals surface area contributed by atoms with Crippen molar-refractivity contribution in [2.45, 2.75) is 29.6 Å². The van der Waals surface area contributed by atoms with Crippen molar-refractivity contribution < 1.29 is 17.2 Å². The smallest absolute Gasteiger partial charge is 0.282 e. The Hall–Kier alpha value is -3.85. The normalized spacial score (nSPS) is 18.1. The van der Waals surface area contributed by atoms with Gasteiger partial charge in [-0.1, -0.05) is 96.1 Å². The molecule has 2 atom stereocenters. The fourth-order valence-corrected chi connectivity index (χ4v) is 6.42. The van der Waals surface area contributed by atoms with Gasteiger partial charge in [0.1, 0.15) is 0 Å². The maximum absolute atomic E-state index is 13.5. The quantitative estimate of drug-likeness (QED) is 0.295. The third-order valence-corrected chi connectivity index (χ3v) is 8.98. The van der Waals surface area contributed by atoms with Gasteiger partial charge in [-0.2, -0.15) is 17.2 Å². The van der Waals surface area contributed by atoms with E-state index in [2.05, 4.69) is 8.76 Å². The molecular weight excluding hydrogens is 516 g/mol. The van der Waals surface area contributed by atoms with Crippen molar-refractivity contribution in [3.63, 3.8) is 0 Å². The van der Waals surface area contributed by atoms with Gasteiger partial charge in [0.2, 0.25) is 0 Å². The van der Waals surface area contributed by atoms with Crippen LogP contribution in [0.2, 0.25) is 0 Å². The standard InChI is InChI=1S/C30H26N2O4S2/c1-21-13-17-25(18-14-21)37(33,34)31-29-27(23-9-5-3-6-10-23)30(28(29)24-11-7-4-8-12-24)32-38(35,36)26-19-15-22(2)16-20-26/h3-20,27H,1-2H3,(H,31,33,34)/b32-30+. The van der Waals surface area contributed by atoms with Crippen LogP contribution in [0.3, 0.4) is 0 Å². The predicted octanol–water partition coefficient (Wildman–Crippen LogP) is 6.64. The van der Waals surface area contributed by atoms with E-state index in [-0.39, 0.29) is 15.5 Å². The molecule has 192 valence electrons. The molecule has 0 fully saturated rings. The predicted molar refractivity (Wildman–Crippen MR) is 151 cm³/mol. The van der Waals surface area contributed by atoms with Crippen LogP contribution in [0.1, 0.15) is 28.2 Å². The maximum atomic E-state index is 13.5. The van der Waals surface area contributed by atoms with Crippen molar-refractivity contribution in [2.75, 3.05) is 0 Å². The Morgan fingerprint density at radius 2 is 1.16 bits per heavy atom. The highest BCUT2D eigenvalue weighted by atomic mass is 32.2. The van der Waals surface area contributed by atoms with Crippen molar-refractivity contribution in [1.82, 2.24) is 0 Å². The lowest BCUT2D eigenvalue weighted by Crippen LogP contribution is -2.30. The summed E-state index contributed by atoms with van der Waals surface area (Å²) in [6, 6.07) is 31.4. The van der Waals surface area contributed by atoms with Gasteiger partial charge >= 0.3 is 0 Å². The van der Waals surface area contributed by atoms with Crippen molar-refractivity contribution in [1.29, 1.82) is 0 Å². The average molecular weight is 543 g/mol. The van der Waals surface area contributed by atoms with Crippen LogP contribution in [0.15, 0.2) is 133 Å². The summed E-state index contributed by atoms with van der Waals surface area (Å²) in [4.78, 5) is 0.248. The monoisotopic (exact) mass is 542 g/mol. The van der Waals surface area contributed by atoms with E-state index in [4.69, 9.17) is 0 Å². The second-order valence-corrected chi connectivity index (χ2v) is 12.4. The third-order valence-electron chi connectivity index (χ3n) is 6.34. The number of nitrogens with zero attached hydrogens (tertiary/aromatic N) is 2. The number of allylic oxidation sites excluding steroid dienone is 2. The number of aryl methyl sites for hydroxylation is 2. The van der Waals surface area contributed by atoms with Gasteiger partial charge in [0.05, 0.1) is 27.1 Å². The maximum Gasteiger partial charge on any atom is 0.282 e. The minimum absolute atomic E-state index is 0.0748. The molecule has 0 bridgehead atoms. The van der Waals surface area contributed by atoms with Crippen LogP contribution < -0.4 is 0 Å². The van der Waals surface area contributed by atoms with Crippen molar-refractivity contribution in [2.24, 2.45) is 8.76 Å².